The van der Waals surface area contributed by atoms with E-state index in [1.807, 2.05) is 19.1 Å². The Labute approximate surface area is 52.4 Å². The van der Waals surface area contributed by atoms with Crippen molar-refractivity contribution in [1.29, 1.82) is 0 Å². The van der Waals surface area contributed by atoms with Crippen molar-refractivity contribution in [3.8, 4) is 0 Å². The molecule has 0 saturated heterocycles. The van der Waals surface area contributed by atoms with E-state index in [1.165, 1.54) is 0 Å². The molecule has 0 rings (SSSR count). The summed E-state index contributed by atoms with van der Waals surface area (Å²) in [6.07, 6.45) is 5.51. The van der Waals surface area contributed by atoms with Gasteiger partial charge in [0.15, 0.2) is 0 Å². The minimum Gasteiger partial charge on any atom is -0.272 e. The molecule has 0 heterocycles. The van der Waals surface area contributed by atoms with Crippen LogP contribution in [0.3, 0.4) is 0 Å². The van der Waals surface area contributed by atoms with E-state index in [-0.39, 0.29) is 0 Å². The Bertz CT molecular complexity index is 124. The van der Waals surface area contributed by atoms with E-state index >= 15 is 0 Å². The zero-order chi connectivity index (χ0) is 6.41. The lowest BCUT2D eigenvalue weighted by molar-refractivity contribution is 1.59. The Morgan fingerprint density at radius 1 is 1.75 bits per heavy atom. The van der Waals surface area contributed by atoms with E-state index in [9.17, 15) is 0 Å². The molecule has 1 unspecified atom stereocenters. The van der Waals surface area contributed by atoms with Gasteiger partial charge in [0.05, 0.1) is 0 Å². The van der Waals surface area contributed by atoms with Crippen LogP contribution in [0.25, 0.3) is 0 Å². The van der Waals surface area contributed by atoms with Crippen molar-refractivity contribution in [1.82, 2.24) is 0 Å². The second-order valence-electron chi connectivity index (χ2n) is 1.29. The van der Waals surface area contributed by atoms with Gasteiger partial charge in [-0.25, -0.2) is 0 Å². The quantitative estimate of drug-likeness (QED) is 0.305. The van der Waals surface area contributed by atoms with E-state index in [0.29, 0.717) is 0 Å². The number of hydrogen-bond acceptors (Lipinski definition) is 1. The molecule has 44 valence electrons. The van der Waals surface area contributed by atoms with Crippen LogP contribution in [-0.4, -0.2) is 6.72 Å². The summed E-state index contributed by atoms with van der Waals surface area (Å²) in [7, 11) is 2.57. The summed E-state index contributed by atoms with van der Waals surface area (Å²) in [4.78, 5) is 3.54. The van der Waals surface area contributed by atoms with Crippen molar-refractivity contribution in [3.05, 3.63) is 23.7 Å². The number of allylic oxidation sites excluding steroid dienone is 3. The molecule has 8 heavy (non-hydrogen) atoms. The van der Waals surface area contributed by atoms with Gasteiger partial charge >= 0.3 is 0 Å². The van der Waals surface area contributed by atoms with E-state index in [1.54, 1.807) is 6.20 Å². The molecule has 1 atom stereocenters. The van der Waals surface area contributed by atoms with E-state index in [4.69, 9.17) is 0 Å². The lowest BCUT2D eigenvalue weighted by Crippen LogP contribution is -1.55. The second-order valence-corrected chi connectivity index (χ2v) is 1.95. The second kappa shape index (κ2) is 4.73. The van der Waals surface area contributed by atoms with Crippen molar-refractivity contribution in [2.24, 2.45) is 4.99 Å². The zero-order valence-electron chi connectivity index (χ0n) is 4.96. The molecule has 0 aliphatic heterocycles. The van der Waals surface area contributed by atoms with Crippen molar-refractivity contribution >= 4 is 16.0 Å². The first-order chi connectivity index (χ1) is 3.81. The van der Waals surface area contributed by atoms with Crippen LogP contribution in [0.4, 0.5) is 0 Å². The summed E-state index contributed by atoms with van der Waals surface area (Å²) in [5.74, 6) is 0. The minimum atomic E-state index is 1.12. The van der Waals surface area contributed by atoms with Gasteiger partial charge in [0.1, 0.15) is 0 Å². The first-order valence-electron chi connectivity index (χ1n) is 2.35. The molecule has 0 aliphatic rings. The minimum absolute atomic E-state index is 1.12. The highest BCUT2D eigenvalue weighted by Gasteiger charge is 1.71. The Hall–Kier alpha value is -0.420. The monoisotopic (exact) mass is 127 g/mol. The molecule has 0 fully saturated rings. The highest BCUT2D eigenvalue weighted by atomic mass is 31.0. The average Bonchev–Trinajstić information content (AvgIpc) is 1.83. The molecule has 0 spiro atoms. The fourth-order valence-corrected chi connectivity index (χ4v) is 0.321. The lowest BCUT2D eigenvalue weighted by Gasteiger charge is -1.81. The van der Waals surface area contributed by atoms with Crippen LogP contribution in [0.15, 0.2) is 28.7 Å². The van der Waals surface area contributed by atoms with Crippen LogP contribution in [0, 0.1) is 0 Å². The topological polar surface area (TPSA) is 12.4 Å². The van der Waals surface area contributed by atoms with Gasteiger partial charge < -0.3 is 0 Å². The average molecular weight is 127 g/mol. The van der Waals surface area contributed by atoms with Gasteiger partial charge in [-0.2, -0.15) is 0 Å². The molecule has 0 bridgehead atoms. The Morgan fingerprint density at radius 2 is 2.38 bits per heavy atom. The third-order valence-electron chi connectivity index (χ3n) is 0.706. The standard InChI is InChI=1S/C6H10NP/c1-3-6(8)4-5-7-2/h3-5H,2,8H2,1H3/b5-4-,6-3+. The molecule has 0 aromatic heterocycles. The van der Waals surface area contributed by atoms with Crippen LogP contribution in [0.2, 0.25) is 0 Å². The van der Waals surface area contributed by atoms with Gasteiger partial charge in [-0.05, 0) is 25.0 Å². The molecule has 0 aromatic rings. The molecule has 0 N–H and O–H groups in total. The van der Waals surface area contributed by atoms with Gasteiger partial charge in [-0.15, -0.1) is 9.24 Å². The van der Waals surface area contributed by atoms with Crippen LogP contribution < -0.4 is 0 Å². The number of nitrogens with zero attached hydrogens (tertiary/aromatic N) is 1. The fourth-order valence-electron chi connectivity index (χ4n) is 0.235. The van der Waals surface area contributed by atoms with Crippen LogP contribution >= 0.6 is 9.24 Å². The summed E-state index contributed by atoms with van der Waals surface area (Å²) < 4.78 is 0. The normalized spacial score (nSPS) is 12.5. The predicted octanol–water partition coefficient (Wildman–Crippen LogP) is 1.98. The summed E-state index contributed by atoms with van der Waals surface area (Å²) in [5, 5.41) is 1.12. The van der Waals surface area contributed by atoms with Crippen LogP contribution in [0.1, 0.15) is 6.92 Å². The highest BCUT2D eigenvalue weighted by Crippen LogP contribution is 2.04. The van der Waals surface area contributed by atoms with E-state index in [2.05, 4.69) is 20.9 Å². The molecule has 0 aliphatic carbocycles. The van der Waals surface area contributed by atoms with Crippen LogP contribution in [-0.2, 0) is 0 Å². The van der Waals surface area contributed by atoms with E-state index < -0.39 is 0 Å². The molecule has 0 aromatic carbocycles. The first-order valence-corrected chi connectivity index (χ1v) is 2.93. The maximum absolute atomic E-state index is 3.54. The van der Waals surface area contributed by atoms with Crippen LogP contribution in [0.5, 0.6) is 0 Å². The molecule has 0 radical (unpaired) electrons. The molecular weight excluding hydrogens is 117 g/mol. The summed E-state index contributed by atoms with van der Waals surface area (Å²) in [6.45, 7) is 5.26. The van der Waals surface area contributed by atoms with Gasteiger partial charge in [-0.1, -0.05) is 6.08 Å². The SMILES string of the molecule is C=N/C=C\C(P)=C/C. The zero-order valence-corrected chi connectivity index (χ0v) is 6.12. The van der Waals surface area contributed by atoms with Crippen molar-refractivity contribution in [3.63, 3.8) is 0 Å². The molecule has 1 nitrogen and oxygen atoms in total. The predicted molar refractivity (Wildman–Crippen MR) is 42.2 cm³/mol. The Kier molecular flexibility index (Phi) is 4.48. The summed E-state index contributed by atoms with van der Waals surface area (Å²) in [6, 6.07) is 0. The summed E-state index contributed by atoms with van der Waals surface area (Å²) in [5.41, 5.74) is 0. The smallest absolute Gasteiger partial charge is 0.0266 e. The van der Waals surface area contributed by atoms with Crippen molar-refractivity contribution in [2.45, 2.75) is 6.92 Å². The van der Waals surface area contributed by atoms with Gasteiger partial charge in [0.2, 0.25) is 0 Å². The molecule has 0 saturated carbocycles. The fraction of sp³-hybridized carbons (Fsp3) is 0.167. The Balaban J connectivity index is 3.69. The third-order valence-corrected chi connectivity index (χ3v) is 1.23. The highest BCUT2D eigenvalue weighted by molar-refractivity contribution is 7.22. The number of hydrogen-bond donors (Lipinski definition) is 0. The largest absolute Gasteiger partial charge is 0.272 e. The van der Waals surface area contributed by atoms with E-state index in [0.717, 1.165) is 5.31 Å². The van der Waals surface area contributed by atoms with Gasteiger partial charge in [0, 0.05) is 6.20 Å². The molecule has 2 heteroatoms. The van der Waals surface area contributed by atoms with Gasteiger partial charge in [-0.3, -0.25) is 4.99 Å². The Morgan fingerprint density at radius 3 is 2.75 bits per heavy atom. The first kappa shape index (κ1) is 7.58. The molecular formula is C6H10NP. The van der Waals surface area contributed by atoms with Gasteiger partial charge in [0.25, 0.3) is 0 Å². The summed E-state index contributed by atoms with van der Waals surface area (Å²) >= 11 is 0. The van der Waals surface area contributed by atoms with Crippen molar-refractivity contribution in [2.75, 3.05) is 0 Å². The lowest BCUT2D eigenvalue weighted by atomic mass is 10.5. The number of rotatable bonds is 2. The maximum Gasteiger partial charge on any atom is 0.0266 e. The maximum atomic E-state index is 3.54. The number of aliphatic imine (C=N–C) groups is 1. The molecule has 0 amide bonds. The third kappa shape index (κ3) is 3.76. The van der Waals surface area contributed by atoms with Crippen molar-refractivity contribution < 1.29 is 0 Å².